The molecule has 0 saturated carbocycles. The van der Waals surface area contributed by atoms with Crippen LogP contribution >= 0.6 is 0 Å². The monoisotopic (exact) mass is 397 g/mol. The number of nitrogens with zero attached hydrogens (tertiary/aromatic N) is 2. The van der Waals surface area contributed by atoms with E-state index in [1.165, 1.54) is 6.07 Å². The number of para-hydroxylation sites is 1. The van der Waals surface area contributed by atoms with Crippen molar-refractivity contribution in [3.05, 3.63) is 75.8 Å². The molecule has 0 radical (unpaired) electrons. The minimum Gasteiger partial charge on any atom is -0.355 e. The summed E-state index contributed by atoms with van der Waals surface area (Å²) < 4.78 is 0. The van der Waals surface area contributed by atoms with E-state index in [1.807, 2.05) is 44.2 Å². The second kappa shape index (κ2) is 10.9. The smallest absolute Gasteiger partial charge is 0.273 e. The first kappa shape index (κ1) is 22.1. The zero-order chi connectivity index (χ0) is 21.2. The molecule has 0 aliphatic rings. The molecule has 0 aromatic heterocycles. The summed E-state index contributed by atoms with van der Waals surface area (Å²) in [7, 11) is 0. The highest BCUT2D eigenvalue weighted by Crippen LogP contribution is 2.20. The van der Waals surface area contributed by atoms with Gasteiger partial charge in [-0.15, -0.1) is 0 Å². The van der Waals surface area contributed by atoms with Gasteiger partial charge in [-0.1, -0.05) is 55.5 Å². The van der Waals surface area contributed by atoms with E-state index in [4.69, 9.17) is 0 Å². The molecule has 7 heteroatoms. The Hall–Kier alpha value is -3.22. The standard InChI is InChI=1S/C22H27N3O4/c1-3-19(22(27)23-4-2)24(15-14-17-10-6-5-7-11-17)21(26)16-18-12-8-9-13-20(18)25(28)29/h5-13,19H,3-4,14-16H2,1-2H3,(H,23,27)/t19-/m0/s1. The number of nitro groups is 1. The van der Waals surface area contributed by atoms with Gasteiger partial charge < -0.3 is 10.2 Å². The summed E-state index contributed by atoms with van der Waals surface area (Å²) in [5.41, 5.74) is 1.31. The molecule has 2 aromatic carbocycles. The largest absolute Gasteiger partial charge is 0.355 e. The van der Waals surface area contributed by atoms with Crippen LogP contribution in [0, 0.1) is 10.1 Å². The molecular weight excluding hydrogens is 370 g/mol. The van der Waals surface area contributed by atoms with E-state index in [0.29, 0.717) is 31.5 Å². The van der Waals surface area contributed by atoms with Gasteiger partial charge in [0.15, 0.2) is 0 Å². The lowest BCUT2D eigenvalue weighted by atomic mass is 10.1. The van der Waals surface area contributed by atoms with E-state index in [1.54, 1.807) is 23.1 Å². The summed E-state index contributed by atoms with van der Waals surface area (Å²) in [4.78, 5) is 38.0. The third kappa shape index (κ3) is 6.14. The molecular formula is C22H27N3O4. The molecule has 0 heterocycles. The summed E-state index contributed by atoms with van der Waals surface area (Å²) in [5, 5.41) is 14.1. The van der Waals surface area contributed by atoms with Crippen molar-refractivity contribution in [2.24, 2.45) is 0 Å². The van der Waals surface area contributed by atoms with E-state index < -0.39 is 11.0 Å². The van der Waals surface area contributed by atoms with Gasteiger partial charge in [-0.25, -0.2) is 0 Å². The molecule has 0 saturated heterocycles. The predicted octanol–water partition coefficient (Wildman–Crippen LogP) is 3.12. The highest BCUT2D eigenvalue weighted by atomic mass is 16.6. The minimum absolute atomic E-state index is 0.0880. The third-order valence-corrected chi connectivity index (χ3v) is 4.75. The summed E-state index contributed by atoms with van der Waals surface area (Å²) in [6.07, 6.45) is 0.935. The maximum Gasteiger partial charge on any atom is 0.273 e. The van der Waals surface area contributed by atoms with Crippen molar-refractivity contribution in [1.82, 2.24) is 10.2 Å². The van der Waals surface area contributed by atoms with Crippen LogP contribution in [0.4, 0.5) is 5.69 Å². The van der Waals surface area contributed by atoms with Gasteiger partial charge in [0, 0.05) is 24.7 Å². The fourth-order valence-electron chi connectivity index (χ4n) is 3.29. The molecule has 1 atom stereocenters. The molecule has 2 rings (SSSR count). The van der Waals surface area contributed by atoms with E-state index in [2.05, 4.69) is 5.32 Å². The lowest BCUT2D eigenvalue weighted by molar-refractivity contribution is -0.385. The SMILES string of the molecule is CCNC(=O)[C@H](CC)N(CCc1ccccc1)C(=O)Cc1ccccc1[N+](=O)[O-]. The quantitative estimate of drug-likeness (QED) is 0.492. The number of benzene rings is 2. The van der Waals surface area contributed by atoms with Gasteiger partial charge in [-0.05, 0) is 25.3 Å². The Morgan fingerprint density at radius 3 is 2.34 bits per heavy atom. The van der Waals surface area contributed by atoms with Crippen LogP contribution in [0.2, 0.25) is 0 Å². The molecule has 0 bridgehead atoms. The van der Waals surface area contributed by atoms with Crippen molar-refractivity contribution in [3.63, 3.8) is 0 Å². The molecule has 0 aliphatic carbocycles. The normalized spacial score (nSPS) is 11.5. The second-order valence-electron chi connectivity index (χ2n) is 6.70. The van der Waals surface area contributed by atoms with Gasteiger partial charge in [-0.2, -0.15) is 0 Å². The fraction of sp³-hybridized carbons (Fsp3) is 0.364. The van der Waals surface area contributed by atoms with Gasteiger partial charge >= 0.3 is 0 Å². The van der Waals surface area contributed by atoms with Gasteiger partial charge in [-0.3, -0.25) is 19.7 Å². The topological polar surface area (TPSA) is 92.6 Å². The highest BCUT2D eigenvalue weighted by Gasteiger charge is 2.29. The van der Waals surface area contributed by atoms with Crippen LogP contribution in [0.3, 0.4) is 0 Å². The van der Waals surface area contributed by atoms with Gasteiger partial charge in [0.1, 0.15) is 6.04 Å². The molecule has 0 unspecified atom stereocenters. The maximum atomic E-state index is 13.1. The first-order chi connectivity index (χ1) is 14.0. The van der Waals surface area contributed by atoms with Crippen LogP contribution in [-0.4, -0.2) is 40.8 Å². The fourth-order valence-corrected chi connectivity index (χ4v) is 3.29. The number of nitrogens with one attached hydrogen (secondary N) is 1. The second-order valence-corrected chi connectivity index (χ2v) is 6.70. The Bertz CT molecular complexity index is 839. The third-order valence-electron chi connectivity index (χ3n) is 4.75. The van der Waals surface area contributed by atoms with Crippen molar-refractivity contribution >= 4 is 17.5 Å². The molecule has 0 fully saturated rings. The van der Waals surface area contributed by atoms with Crippen molar-refractivity contribution in [2.75, 3.05) is 13.1 Å². The number of hydrogen-bond donors (Lipinski definition) is 1. The first-order valence-corrected chi connectivity index (χ1v) is 9.81. The lowest BCUT2D eigenvalue weighted by Gasteiger charge is -2.30. The summed E-state index contributed by atoms with van der Waals surface area (Å²) in [6.45, 7) is 4.51. The Morgan fingerprint density at radius 2 is 1.72 bits per heavy atom. The minimum atomic E-state index is -0.617. The van der Waals surface area contributed by atoms with E-state index in [-0.39, 0.29) is 23.9 Å². The van der Waals surface area contributed by atoms with Crippen LogP contribution < -0.4 is 5.32 Å². The van der Waals surface area contributed by atoms with Crippen LogP contribution in [0.25, 0.3) is 0 Å². The molecule has 7 nitrogen and oxygen atoms in total. The number of likely N-dealkylation sites (N-methyl/N-ethyl adjacent to an activating group) is 1. The van der Waals surface area contributed by atoms with Gasteiger partial charge in [0.2, 0.25) is 11.8 Å². The zero-order valence-electron chi connectivity index (χ0n) is 16.8. The van der Waals surface area contributed by atoms with Crippen LogP contribution in [0.15, 0.2) is 54.6 Å². The summed E-state index contributed by atoms with van der Waals surface area (Å²) >= 11 is 0. The average Bonchev–Trinajstić information content (AvgIpc) is 2.72. The van der Waals surface area contributed by atoms with Crippen molar-refractivity contribution in [2.45, 2.75) is 39.2 Å². The van der Waals surface area contributed by atoms with Crippen LogP contribution in [0.1, 0.15) is 31.4 Å². The number of rotatable bonds is 10. The van der Waals surface area contributed by atoms with Crippen molar-refractivity contribution in [3.8, 4) is 0 Å². The zero-order valence-corrected chi connectivity index (χ0v) is 16.8. The molecule has 1 N–H and O–H groups in total. The Balaban J connectivity index is 2.26. The molecule has 0 aliphatic heterocycles. The molecule has 0 spiro atoms. The number of amides is 2. The molecule has 154 valence electrons. The Morgan fingerprint density at radius 1 is 1.07 bits per heavy atom. The van der Waals surface area contributed by atoms with E-state index in [0.717, 1.165) is 5.56 Å². The van der Waals surface area contributed by atoms with Crippen LogP contribution in [0.5, 0.6) is 0 Å². The average molecular weight is 397 g/mol. The maximum absolute atomic E-state index is 13.1. The Kier molecular flexibility index (Phi) is 8.33. The summed E-state index contributed by atoms with van der Waals surface area (Å²) in [5.74, 6) is -0.507. The van der Waals surface area contributed by atoms with Crippen LogP contribution in [-0.2, 0) is 22.4 Å². The summed E-state index contributed by atoms with van der Waals surface area (Å²) in [6, 6.07) is 15.3. The number of carbonyl (C=O) groups is 2. The Labute approximate surface area is 170 Å². The number of carbonyl (C=O) groups excluding carboxylic acids is 2. The number of nitro benzene ring substituents is 1. The van der Waals surface area contributed by atoms with E-state index >= 15 is 0 Å². The molecule has 29 heavy (non-hydrogen) atoms. The van der Waals surface area contributed by atoms with E-state index in [9.17, 15) is 19.7 Å². The molecule has 2 amide bonds. The first-order valence-electron chi connectivity index (χ1n) is 9.81. The van der Waals surface area contributed by atoms with Crippen molar-refractivity contribution < 1.29 is 14.5 Å². The predicted molar refractivity (Wildman–Crippen MR) is 111 cm³/mol. The van der Waals surface area contributed by atoms with Crippen molar-refractivity contribution in [1.29, 1.82) is 0 Å². The number of hydrogen-bond acceptors (Lipinski definition) is 4. The van der Waals surface area contributed by atoms with Gasteiger partial charge in [0.25, 0.3) is 5.69 Å². The highest BCUT2D eigenvalue weighted by molar-refractivity contribution is 5.88. The lowest BCUT2D eigenvalue weighted by Crippen LogP contribution is -2.50. The molecule has 2 aromatic rings. The van der Waals surface area contributed by atoms with Gasteiger partial charge in [0.05, 0.1) is 11.3 Å².